The van der Waals surface area contributed by atoms with Crippen molar-refractivity contribution in [1.82, 2.24) is 0 Å². The first-order chi connectivity index (χ1) is 10.7. The van der Waals surface area contributed by atoms with Gasteiger partial charge in [-0.1, -0.05) is 63.1 Å². The van der Waals surface area contributed by atoms with Gasteiger partial charge in [-0.3, -0.25) is 0 Å². The molecule has 0 spiro atoms. The van der Waals surface area contributed by atoms with Crippen LogP contribution in [0.4, 0.5) is 0 Å². The minimum absolute atomic E-state index is 0.343. The normalized spacial score (nSPS) is 12.3. The number of hydrogen-bond acceptors (Lipinski definition) is 1. The molecule has 2 aromatic carbocycles. The Balaban J connectivity index is 1.97. The first-order valence-electron chi connectivity index (χ1n) is 8.59. The molecule has 1 atom stereocenters. The highest BCUT2D eigenvalue weighted by atomic mass is 16.3. The Morgan fingerprint density at radius 1 is 0.818 bits per heavy atom. The van der Waals surface area contributed by atoms with Crippen LogP contribution in [0.3, 0.4) is 0 Å². The van der Waals surface area contributed by atoms with Crippen LogP contribution in [0, 0.1) is 0 Å². The third-order valence-electron chi connectivity index (χ3n) is 4.43. The lowest BCUT2D eigenvalue weighted by atomic mass is 9.89. The van der Waals surface area contributed by atoms with Gasteiger partial charge in [-0.15, -0.1) is 0 Å². The Bertz CT molecular complexity index is 539. The second-order valence-electron chi connectivity index (χ2n) is 6.17. The lowest BCUT2D eigenvalue weighted by molar-refractivity contribution is 0.474. The van der Waals surface area contributed by atoms with E-state index in [9.17, 15) is 5.11 Å². The van der Waals surface area contributed by atoms with Gasteiger partial charge in [-0.05, 0) is 60.4 Å². The second kappa shape index (κ2) is 8.63. The van der Waals surface area contributed by atoms with Gasteiger partial charge in [0.15, 0.2) is 0 Å². The van der Waals surface area contributed by atoms with E-state index in [1.54, 1.807) is 12.1 Å². The molecule has 1 heteroatoms. The summed E-state index contributed by atoms with van der Waals surface area (Å²) in [4.78, 5) is 0. The first-order valence-corrected chi connectivity index (χ1v) is 8.59. The molecule has 0 radical (unpaired) electrons. The molecule has 0 aliphatic rings. The highest BCUT2D eigenvalue weighted by molar-refractivity contribution is 5.30. The zero-order chi connectivity index (χ0) is 15.8. The molecule has 22 heavy (non-hydrogen) atoms. The van der Waals surface area contributed by atoms with Crippen LogP contribution in [0.1, 0.15) is 62.1 Å². The Morgan fingerprint density at radius 2 is 1.45 bits per heavy atom. The van der Waals surface area contributed by atoms with E-state index in [1.165, 1.54) is 42.4 Å². The maximum Gasteiger partial charge on any atom is 0.115 e. The molecule has 1 unspecified atom stereocenters. The molecule has 0 aliphatic heterocycles. The molecule has 2 aromatic rings. The van der Waals surface area contributed by atoms with Crippen LogP contribution in [-0.2, 0) is 12.8 Å². The van der Waals surface area contributed by atoms with Crippen molar-refractivity contribution in [1.29, 1.82) is 0 Å². The number of phenols is 1. The number of hydrogen-bond donors (Lipinski definition) is 1. The largest absolute Gasteiger partial charge is 0.508 e. The minimum atomic E-state index is 0.343. The van der Waals surface area contributed by atoms with Gasteiger partial charge in [0.1, 0.15) is 5.75 Å². The Hall–Kier alpha value is -1.76. The van der Waals surface area contributed by atoms with E-state index >= 15 is 0 Å². The van der Waals surface area contributed by atoms with Crippen LogP contribution in [0.15, 0.2) is 48.5 Å². The topological polar surface area (TPSA) is 20.2 Å². The highest BCUT2D eigenvalue weighted by Gasteiger charge is 2.10. The van der Waals surface area contributed by atoms with Gasteiger partial charge >= 0.3 is 0 Å². The maximum atomic E-state index is 9.42. The fraction of sp³-hybridized carbons (Fsp3) is 0.429. The summed E-state index contributed by atoms with van der Waals surface area (Å²) in [5, 5.41) is 9.42. The van der Waals surface area contributed by atoms with Crippen LogP contribution in [0.25, 0.3) is 0 Å². The summed E-state index contributed by atoms with van der Waals surface area (Å²) in [5.41, 5.74) is 4.17. The van der Waals surface area contributed by atoms with E-state index in [-0.39, 0.29) is 0 Å². The van der Waals surface area contributed by atoms with E-state index in [0.717, 1.165) is 12.8 Å². The molecule has 0 bridgehead atoms. The summed E-state index contributed by atoms with van der Waals surface area (Å²) < 4.78 is 0. The molecule has 1 N–H and O–H groups in total. The van der Waals surface area contributed by atoms with E-state index in [0.29, 0.717) is 11.7 Å². The van der Waals surface area contributed by atoms with Crippen LogP contribution in [-0.4, -0.2) is 5.11 Å². The molecule has 0 saturated heterocycles. The fourth-order valence-electron chi connectivity index (χ4n) is 2.95. The van der Waals surface area contributed by atoms with Gasteiger partial charge in [-0.25, -0.2) is 0 Å². The number of unbranched alkanes of at least 4 members (excludes halogenated alkanes) is 2. The summed E-state index contributed by atoms with van der Waals surface area (Å²) in [5.74, 6) is 0.863. The van der Waals surface area contributed by atoms with Gasteiger partial charge in [0.25, 0.3) is 0 Å². The zero-order valence-electron chi connectivity index (χ0n) is 13.9. The molecule has 0 aromatic heterocycles. The average Bonchev–Trinajstić information content (AvgIpc) is 2.55. The van der Waals surface area contributed by atoms with Crippen molar-refractivity contribution in [3.8, 4) is 5.75 Å². The summed E-state index contributed by atoms with van der Waals surface area (Å²) in [6.45, 7) is 4.48. The van der Waals surface area contributed by atoms with Crippen LogP contribution < -0.4 is 0 Å². The molecule has 1 nitrogen and oxygen atoms in total. The van der Waals surface area contributed by atoms with Crippen molar-refractivity contribution >= 4 is 0 Å². The summed E-state index contributed by atoms with van der Waals surface area (Å²) in [6, 6.07) is 16.8. The Kier molecular flexibility index (Phi) is 6.51. The predicted molar refractivity (Wildman–Crippen MR) is 94.5 cm³/mol. The van der Waals surface area contributed by atoms with Gasteiger partial charge in [0.2, 0.25) is 0 Å². The average molecular weight is 296 g/mol. The summed E-state index contributed by atoms with van der Waals surface area (Å²) in [7, 11) is 0. The number of benzene rings is 2. The standard InChI is InChI=1S/C21H28O/c1-3-5-6-7-17-8-10-18(11-9-17)16-19(4-2)20-12-14-21(22)15-13-20/h8-15,19,22H,3-7,16H2,1-2H3. The summed E-state index contributed by atoms with van der Waals surface area (Å²) in [6.07, 6.45) is 7.27. The molecule has 0 amide bonds. The zero-order valence-corrected chi connectivity index (χ0v) is 13.9. The van der Waals surface area contributed by atoms with Crippen molar-refractivity contribution in [2.45, 2.75) is 58.3 Å². The quantitative estimate of drug-likeness (QED) is 0.605. The molecular weight excluding hydrogens is 268 g/mol. The van der Waals surface area contributed by atoms with E-state index in [4.69, 9.17) is 0 Å². The van der Waals surface area contributed by atoms with Crippen LogP contribution in [0.2, 0.25) is 0 Å². The van der Waals surface area contributed by atoms with Crippen molar-refractivity contribution in [2.75, 3.05) is 0 Å². The van der Waals surface area contributed by atoms with Crippen LogP contribution in [0.5, 0.6) is 5.75 Å². The van der Waals surface area contributed by atoms with Gasteiger partial charge in [0, 0.05) is 0 Å². The number of aryl methyl sites for hydroxylation is 1. The molecule has 118 valence electrons. The summed E-state index contributed by atoms with van der Waals surface area (Å²) >= 11 is 0. The van der Waals surface area contributed by atoms with Crippen molar-refractivity contribution < 1.29 is 5.11 Å². The van der Waals surface area contributed by atoms with Gasteiger partial charge in [0.05, 0.1) is 0 Å². The molecule has 0 fully saturated rings. The third-order valence-corrected chi connectivity index (χ3v) is 4.43. The van der Waals surface area contributed by atoms with Crippen molar-refractivity contribution in [3.05, 3.63) is 65.2 Å². The number of rotatable bonds is 8. The smallest absolute Gasteiger partial charge is 0.115 e. The lowest BCUT2D eigenvalue weighted by Crippen LogP contribution is -2.02. The van der Waals surface area contributed by atoms with Crippen molar-refractivity contribution in [3.63, 3.8) is 0 Å². The van der Waals surface area contributed by atoms with E-state index in [1.807, 2.05) is 12.1 Å². The Morgan fingerprint density at radius 3 is 2.05 bits per heavy atom. The van der Waals surface area contributed by atoms with Crippen LogP contribution >= 0.6 is 0 Å². The Labute approximate surface area is 135 Å². The van der Waals surface area contributed by atoms with Gasteiger partial charge in [-0.2, -0.15) is 0 Å². The molecule has 0 saturated carbocycles. The highest BCUT2D eigenvalue weighted by Crippen LogP contribution is 2.26. The monoisotopic (exact) mass is 296 g/mol. The molecule has 0 aliphatic carbocycles. The predicted octanol–water partition coefficient (Wildman–Crippen LogP) is 5.86. The number of aromatic hydroxyl groups is 1. The SMILES string of the molecule is CCCCCc1ccc(CC(CC)c2ccc(O)cc2)cc1. The first kappa shape index (κ1) is 16.6. The second-order valence-corrected chi connectivity index (χ2v) is 6.17. The maximum absolute atomic E-state index is 9.42. The lowest BCUT2D eigenvalue weighted by Gasteiger charge is -2.16. The number of phenolic OH excluding ortho intramolecular Hbond substituents is 1. The minimum Gasteiger partial charge on any atom is -0.508 e. The molecule has 0 heterocycles. The third kappa shape index (κ3) is 4.91. The molecule has 2 rings (SSSR count). The van der Waals surface area contributed by atoms with E-state index in [2.05, 4.69) is 38.1 Å². The van der Waals surface area contributed by atoms with Crippen molar-refractivity contribution in [2.24, 2.45) is 0 Å². The fourth-order valence-corrected chi connectivity index (χ4v) is 2.95. The van der Waals surface area contributed by atoms with E-state index < -0.39 is 0 Å². The van der Waals surface area contributed by atoms with Gasteiger partial charge < -0.3 is 5.11 Å². The molecular formula is C21H28O.